The van der Waals surface area contributed by atoms with Crippen molar-refractivity contribution in [2.75, 3.05) is 39.9 Å². The number of ether oxygens (including phenoxy) is 1. The lowest BCUT2D eigenvalue weighted by Crippen LogP contribution is -2.35. The molecule has 2 rings (SSSR count). The van der Waals surface area contributed by atoms with E-state index in [0.717, 1.165) is 26.1 Å². The Hall–Kier alpha value is -1.54. The number of hydrogen-bond donors (Lipinski definition) is 1. The number of nitrogens with one attached hydrogen (secondary N) is 1. The Labute approximate surface area is 112 Å². The highest BCUT2D eigenvalue weighted by atomic mass is 16.5. The van der Waals surface area contributed by atoms with Crippen molar-refractivity contribution >= 4 is 5.91 Å². The molecule has 1 aromatic heterocycles. The number of amides is 1. The first kappa shape index (κ1) is 13.9. The Morgan fingerprint density at radius 3 is 3.16 bits per heavy atom. The Balaban J connectivity index is 1.64. The molecule has 1 amide bonds. The van der Waals surface area contributed by atoms with Crippen molar-refractivity contribution in [3.05, 3.63) is 6.33 Å². The molecule has 1 aromatic rings. The predicted octanol–water partition coefficient (Wildman–Crippen LogP) is -1.24. The van der Waals surface area contributed by atoms with Gasteiger partial charge in [-0.1, -0.05) is 0 Å². The summed E-state index contributed by atoms with van der Waals surface area (Å²) in [6.45, 7) is 4.55. The van der Waals surface area contributed by atoms with Crippen molar-refractivity contribution in [1.29, 1.82) is 0 Å². The maximum atomic E-state index is 12.0. The molecule has 1 atom stereocenters. The lowest BCUT2D eigenvalue weighted by Gasteiger charge is -2.15. The molecule has 0 bridgehead atoms. The van der Waals surface area contributed by atoms with Crippen LogP contribution in [0, 0.1) is 5.92 Å². The van der Waals surface area contributed by atoms with Crippen molar-refractivity contribution in [1.82, 2.24) is 30.4 Å². The van der Waals surface area contributed by atoms with Gasteiger partial charge in [0.1, 0.15) is 6.33 Å². The molecule has 106 valence electrons. The van der Waals surface area contributed by atoms with Gasteiger partial charge in [0.2, 0.25) is 5.91 Å². The van der Waals surface area contributed by atoms with Gasteiger partial charge in [0.05, 0.1) is 19.1 Å². The molecule has 0 saturated carbocycles. The lowest BCUT2D eigenvalue weighted by molar-refractivity contribution is -0.124. The molecule has 0 radical (unpaired) electrons. The Morgan fingerprint density at radius 1 is 1.53 bits per heavy atom. The molecule has 19 heavy (non-hydrogen) atoms. The molecule has 0 spiro atoms. The van der Waals surface area contributed by atoms with E-state index in [0.29, 0.717) is 19.7 Å². The average molecular weight is 268 g/mol. The van der Waals surface area contributed by atoms with Gasteiger partial charge in [-0.25, -0.2) is 4.68 Å². The van der Waals surface area contributed by atoms with Crippen LogP contribution in [0.25, 0.3) is 0 Å². The van der Waals surface area contributed by atoms with Gasteiger partial charge in [-0.05, 0) is 23.4 Å². The van der Waals surface area contributed by atoms with Gasteiger partial charge >= 0.3 is 0 Å². The molecular weight excluding hydrogens is 248 g/mol. The number of nitrogens with zero attached hydrogens (tertiary/aromatic N) is 5. The van der Waals surface area contributed by atoms with Crippen LogP contribution in [0.1, 0.15) is 6.42 Å². The van der Waals surface area contributed by atoms with Crippen LogP contribution in [0.5, 0.6) is 0 Å². The molecule has 1 saturated heterocycles. The molecule has 1 unspecified atom stereocenters. The van der Waals surface area contributed by atoms with Crippen LogP contribution in [0.4, 0.5) is 0 Å². The minimum atomic E-state index is 0.0886. The zero-order valence-corrected chi connectivity index (χ0v) is 11.2. The number of rotatable bonds is 7. The third kappa shape index (κ3) is 4.25. The monoisotopic (exact) mass is 268 g/mol. The lowest BCUT2D eigenvalue weighted by atomic mass is 10.1. The fourth-order valence-corrected chi connectivity index (χ4v) is 2.19. The van der Waals surface area contributed by atoms with Gasteiger partial charge in [0.15, 0.2) is 0 Å². The first-order chi connectivity index (χ1) is 9.29. The van der Waals surface area contributed by atoms with Crippen LogP contribution < -0.4 is 5.32 Å². The molecule has 0 aliphatic carbocycles. The number of aromatic nitrogens is 4. The van der Waals surface area contributed by atoms with E-state index in [1.54, 1.807) is 11.8 Å². The third-order valence-corrected chi connectivity index (χ3v) is 3.29. The maximum Gasteiger partial charge on any atom is 0.224 e. The first-order valence-corrected chi connectivity index (χ1v) is 6.49. The van der Waals surface area contributed by atoms with Gasteiger partial charge in [-0.2, -0.15) is 0 Å². The van der Waals surface area contributed by atoms with E-state index in [4.69, 9.17) is 4.74 Å². The smallest absolute Gasteiger partial charge is 0.224 e. The van der Waals surface area contributed by atoms with Gasteiger partial charge in [-0.15, -0.1) is 5.10 Å². The summed E-state index contributed by atoms with van der Waals surface area (Å²) in [5.74, 6) is 0.207. The van der Waals surface area contributed by atoms with Crippen LogP contribution in [-0.2, 0) is 16.1 Å². The van der Waals surface area contributed by atoms with E-state index >= 15 is 0 Å². The summed E-state index contributed by atoms with van der Waals surface area (Å²) in [6.07, 6.45) is 2.45. The highest BCUT2D eigenvalue weighted by Crippen LogP contribution is 2.15. The zero-order chi connectivity index (χ0) is 13.5. The molecule has 1 aliphatic heterocycles. The Bertz CT molecular complexity index is 383. The Morgan fingerprint density at radius 2 is 2.42 bits per heavy atom. The molecule has 0 aromatic carbocycles. The van der Waals surface area contributed by atoms with Crippen molar-refractivity contribution < 1.29 is 9.53 Å². The van der Waals surface area contributed by atoms with Crippen molar-refractivity contribution in [3.8, 4) is 0 Å². The van der Waals surface area contributed by atoms with E-state index in [1.807, 2.05) is 0 Å². The minimum absolute atomic E-state index is 0.0886. The van der Waals surface area contributed by atoms with Crippen LogP contribution in [0.15, 0.2) is 6.33 Å². The second-order valence-electron chi connectivity index (χ2n) is 4.64. The highest BCUT2D eigenvalue weighted by Gasteiger charge is 2.27. The molecule has 1 N–H and O–H groups in total. The number of carbonyl (C=O) groups excluding carboxylic acids is 1. The van der Waals surface area contributed by atoms with E-state index in [-0.39, 0.29) is 11.8 Å². The van der Waals surface area contributed by atoms with E-state index in [2.05, 4.69) is 25.7 Å². The van der Waals surface area contributed by atoms with Crippen LogP contribution in [0.3, 0.4) is 0 Å². The third-order valence-electron chi connectivity index (χ3n) is 3.29. The topological polar surface area (TPSA) is 85.2 Å². The largest absolute Gasteiger partial charge is 0.383 e. The zero-order valence-electron chi connectivity index (χ0n) is 11.2. The fraction of sp³-hybridized carbons (Fsp3) is 0.818. The molecule has 1 fully saturated rings. The molecule has 8 heteroatoms. The van der Waals surface area contributed by atoms with Gasteiger partial charge in [0.25, 0.3) is 0 Å². The fourth-order valence-electron chi connectivity index (χ4n) is 2.19. The molecular formula is C11H20N6O2. The van der Waals surface area contributed by atoms with Crippen molar-refractivity contribution in [2.45, 2.75) is 13.0 Å². The highest BCUT2D eigenvalue weighted by molar-refractivity contribution is 5.79. The Kier molecular flexibility index (Phi) is 5.22. The summed E-state index contributed by atoms with van der Waals surface area (Å²) in [4.78, 5) is 14.2. The summed E-state index contributed by atoms with van der Waals surface area (Å²) in [6, 6.07) is 0. The van der Waals surface area contributed by atoms with Crippen molar-refractivity contribution in [2.24, 2.45) is 5.92 Å². The summed E-state index contributed by atoms with van der Waals surface area (Å²) in [5.41, 5.74) is 0. The van der Waals surface area contributed by atoms with Gasteiger partial charge in [-0.3, -0.25) is 4.79 Å². The van der Waals surface area contributed by atoms with Gasteiger partial charge < -0.3 is 15.0 Å². The second-order valence-corrected chi connectivity index (χ2v) is 4.64. The van der Waals surface area contributed by atoms with Crippen molar-refractivity contribution in [3.63, 3.8) is 0 Å². The number of likely N-dealkylation sites (tertiary alicyclic amines) is 1. The summed E-state index contributed by atoms with van der Waals surface area (Å²) in [7, 11) is 1.69. The quantitative estimate of drug-likeness (QED) is 0.665. The minimum Gasteiger partial charge on any atom is -0.383 e. The average Bonchev–Trinajstić information content (AvgIpc) is 3.07. The first-order valence-electron chi connectivity index (χ1n) is 6.49. The molecule has 2 heterocycles. The van der Waals surface area contributed by atoms with E-state index in [1.165, 1.54) is 6.33 Å². The molecule has 1 aliphatic rings. The second kappa shape index (κ2) is 7.15. The predicted molar refractivity (Wildman–Crippen MR) is 67.2 cm³/mol. The summed E-state index contributed by atoms with van der Waals surface area (Å²) < 4.78 is 6.64. The maximum absolute atomic E-state index is 12.0. The SMILES string of the molecule is COCCN1CCC(C(=O)NCCn2cnnn2)C1. The number of carbonyl (C=O) groups is 1. The number of methoxy groups -OCH3 is 1. The van der Waals surface area contributed by atoms with Crippen LogP contribution >= 0.6 is 0 Å². The van der Waals surface area contributed by atoms with E-state index < -0.39 is 0 Å². The summed E-state index contributed by atoms with van der Waals surface area (Å²) in [5, 5.41) is 13.7. The van der Waals surface area contributed by atoms with E-state index in [9.17, 15) is 4.79 Å². The molecule has 8 nitrogen and oxygen atoms in total. The standard InChI is InChI=1S/C11H20N6O2/c1-19-7-6-16-4-2-10(8-16)11(18)12-3-5-17-9-13-14-15-17/h9-10H,2-8H2,1H3,(H,12,18). The normalized spacial score (nSPS) is 19.7. The van der Waals surface area contributed by atoms with Gasteiger partial charge in [0, 0.05) is 26.7 Å². The number of tetrazole rings is 1. The van der Waals surface area contributed by atoms with Crippen LogP contribution in [0.2, 0.25) is 0 Å². The number of hydrogen-bond acceptors (Lipinski definition) is 6. The summed E-state index contributed by atoms with van der Waals surface area (Å²) >= 11 is 0. The van der Waals surface area contributed by atoms with Crippen LogP contribution in [-0.4, -0.2) is 70.9 Å².